The van der Waals surface area contributed by atoms with Gasteiger partial charge in [-0.3, -0.25) is 0 Å². The lowest BCUT2D eigenvalue weighted by Crippen LogP contribution is -2.28. The van der Waals surface area contributed by atoms with Crippen LogP contribution in [-0.2, 0) is 0 Å². The highest BCUT2D eigenvalue weighted by Crippen LogP contribution is 2.30. The molecule has 1 saturated heterocycles. The van der Waals surface area contributed by atoms with E-state index >= 15 is 0 Å². The zero-order chi connectivity index (χ0) is 10.1. The zero-order valence-corrected chi connectivity index (χ0v) is 9.39. The first-order valence-electron chi connectivity index (χ1n) is 5.50. The number of fused-ring (bicyclic) bond motifs is 1. The lowest BCUT2D eigenvalue weighted by atomic mass is 10.0. The van der Waals surface area contributed by atoms with Gasteiger partial charge in [0, 0.05) is 12.5 Å². The van der Waals surface area contributed by atoms with E-state index < -0.39 is 0 Å². The summed E-state index contributed by atoms with van der Waals surface area (Å²) < 4.78 is 1.32. The SMILES string of the molecule is c1ccc2sc([C@H]3CCCNC3)nc2c1. The number of rotatable bonds is 1. The van der Waals surface area contributed by atoms with Crippen molar-refractivity contribution in [3.05, 3.63) is 29.3 Å². The Labute approximate surface area is 93.3 Å². The molecular weight excluding hydrogens is 204 g/mol. The van der Waals surface area contributed by atoms with Crippen molar-refractivity contribution in [3.8, 4) is 0 Å². The van der Waals surface area contributed by atoms with Crippen molar-refractivity contribution in [2.24, 2.45) is 0 Å². The third-order valence-corrected chi connectivity index (χ3v) is 4.16. The first-order chi connectivity index (χ1) is 7.43. The third-order valence-electron chi connectivity index (χ3n) is 2.96. The molecule has 3 rings (SSSR count). The second-order valence-electron chi connectivity index (χ2n) is 4.06. The number of aromatic nitrogens is 1. The Morgan fingerprint density at radius 3 is 3.07 bits per heavy atom. The lowest BCUT2D eigenvalue weighted by molar-refractivity contribution is 0.461. The first-order valence-corrected chi connectivity index (χ1v) is 6.31. The summed E-state index contributed by atoms with van der Waals surface area (Å²) in [5.74, 6) is 0.635. The lowest BCUT2D eigenvalue weighted by Gasteiger charge is -2.20. The second-order valence-corrected chi connectivity index (χ2v) is 5.13. The molecule has 2 heterocycles. The summed E-state index contributed by atoms with van der Waals surface area (Å²) in [6.07, 6.45) is 2.56. The Balaban J connectivity index is 1.96. The molecule has 78 valence electrons. The van der Waals surface area contributed by atoms with Crippen LogP contribution in [0.4, 0.5) is 0 Å². The van der Waals surface area contributed by atoms with E-state index in [1.165, 1.54) is 29.1 Å². The molecule has 1 atom stereocenters. The van der Waals surface area contributed by atoms with Crippen LogP contribution < -0.4 is 5.32 Å². The molecule has 2 aromatic rings. The molecule has 1 fully saturated rings. The quantitative estimate of drug-likeness (QED) is 0.796. The maximum atomic E-state index is 4.71. The van der Waals surface area contributed by atoms with Crippen molar-refractivity contribution >= 4 is 21.6 Å². The Hall–Kier alpha value is -0.930. The number of nitrogens with zero attached hydrogens (tertiary/aromatic N) is 1. The third kappa shape index (κ3) is 1.77. The van der Waals surface area contributed by atoms with Crippen molar-refractivity contribution in [2.45, 2.75) is 18.8 Å². The predicted molar refractivity (Wildman–Crippen MR) is 64.5 cm³/mol. The van der Waals surface area contributed by atoms with Crippen molar-refractivity contribution in [1.29, 1.82) is 0 Å². The van der Waals surface area contributed by atoms with Gasteiger partial charge in [-0.25, -0.2) is 4.98 Å². The fourth-order valence-electron chi connectivity index (χ4n) is 2.13. The highest BCUT2D eigenvalue weighted by Gasteiger charge is 2.18. The van der Waals surface area contributed by atoms with E-state index in [9.17, 15) is 0 Å². The molecule has 15 heavy (non-hydrogen) atoms. The maximum Gasteiger partial charge on any atom is 0.0982 e. The van der Waals surface area contributed by atoms with E-state index in [1.807, 2.05) is 11.3 Å². The molecule has 1 aliphatic heterocycles. The van der Waals surface area contributed by atoms with E-state index in [1.54, 1.807) is 0 Å². The van der Waals surface area contributed by atoms with Gasteiger partial charge in [-0.05, 0) is 31.5 Å². The van der Waals surface area contributed by atoms with Crippen molar-refractivity contribution in [3.63, 3.8) is 0 Å². The Kier molecular flexibility index (Phi) is 2.43. The van der Waals surface area contributed by atoms with Gasteiger partial charge in [0.25, 0.3) is 0 Å². The summed E-state index contributed by atoms with van der Waals surface area (Å²) >= 11 is 1.85. The fourth-order valence-corrected chi connectivity index (χ4v) is 3.23. The van der Waals surface area contributed by atoms with Crippen LogP contribution in [0, 0.1) is 0 Å². The van der Waals surface area contributed by atoms with Gasteiger partial charge in [0.2, 0.25) is 0 Å². The number of benzene rings is 1. The van der Waals surface area contributed by atoms with Gasteiger partial charge >= 0.3 is 0 Å². The number of thiazole rings is 1. The van der Waals surface area contributed by atoms with Crippen LogP contribution in [-0.4, -0.2) is 18.1 Å². The fraction of sp³-hybridized carbons (Fsp3) is 0.417. The largest absolute Gasteiger partial charge is 0.316 e. The number of hydrogen-bond donors (Lipinski definition) is 1. The van der Waals surface area contributed by atoms with Gasteiger partial charge < -0.3 is 5.32 Å². The Morgan fingerprint density at radius 2 is 2.27 bits per heavy atom. The minimum absolute atomic E-state index is 0.635. The summed E-state index contributed by atoms with van der Waals surface area (Å²) in [5.41, 5.74) is 1.16. The van der Waals surface area contributed by atoms with Crippen molar-refractivity contribution in [1.82, 2.24) is 10.3 Å². The van der Waals surface area contributed by atoms with Gasteiger partial charge in [0.15, 0.2) is 0 Å². The van der Waals surface area contributed by atoms with Crippen LogP contribution in [0.5, 0.6) is 0 Å². The molecule has 1 aliphatic rings. The molecule has 0 radical (unpaired) electrons. The molecule has 1 aromatic heterocycles. The van der Waals surface area contributed by atoms with Crippen molar-refractivity contribution < 1.29 is 0 Å². The molecule has 0 aliphatic carbocycles. The van der Waals surface area contributed by atoms with Gasteiger partial charge in [-0.1, -0.05) is 12.1 Å². The molecule has 0 spiro atoms. The van der Waals surface area contributed by atoms with Gasteiger partial charge in [-0.15, -0.1) is 11.3 Å². The topological polar surface area (TPSA) is 24.9 Å². The molecule has 0 unspecified atom stereocenters. The van der Waals surface area contributed by atoms with Gasteiger partial charge in [-0.2, -0.15) is 0 Å². The second kappa shape index (κ2) is 3.91. The summed E-state index contributed by atoms with van der Waals surface area (Å²) in [7, 11) is 0. The molecule has 0 saturated carbocycles. The summed E-state index contributed by atoms with van der Waals surface area (Å²) in [6.45, 7) is 2.27. The number of para-hydroxylation sites is 1. The van der Waals surface area contributed by atoms with E-state index in [2.05, 4.69) is 29.6 Å². The zero-order valence-electron chi connectivity index (χ0n) is 8.57. The molecule has 0 amide bonds. The van der Waals surface area contributed by atoms with Crippen LogP contribution >= 0.6 is 11.3 Å². The first kappa shape index (κ1) is 9.31. The average molecular weight is 218 g/mol. The maximum absolute atomic E-state index is 4.71. The Morgan fingerprint density at radius 1 is 1.33 bits per heavy atom. The minimum Gasteiger partial charge on any atom is -0.316 e. The highest BCUT2D eigenvalue weighted by molar-refractivity contribution is 7.18. The highest BCUT2D eigenvalue weighted by atomic mass is 32.1. The molecule has 2 nitrogen and oxygen atoms in total. The number of piperidine rings is 1. The van der Waals surface area contributed by atoms with E-state index in [0.29, 0.717) is 5.92 Å². The Bertz CT molecular complexity index is 424. The molecular formula is C12H14N2S. The van der Waals surface area contributed by atoms with Crippen LogP contribution in [0.1, 0.15) is 23.8 Å². The van der Waals surface area contributed by atoms with E-state index in [-0.39, 0.29) is 0 Å². The molecule has 3 heteroatoms. The van der Waals surface area contributed by atoms with Crippen LogP contribution in [0.25, 0.3) is 10.2 Å². The summed E-state index contributed by atoms with van der Waals surface area (Å²) in [5, 5.41) is 4.75. The van der Waals surface area contributed by atoms with Crippen molar-refractivity contribution in [2.75, 3.05) is 13.1 Å². The van der Waals surface area contributed by atoms with E-state index in [0.717, 1.165) is 12.1 Å². The van der Waals surface area contributed by atoms with Gasteiger partial charge in [0.05, 0.1) is 15.2 Å². The number of nitrogens with one attached hydrogen (secondary N) is 1. The average Bonchev–Trinajstić information content (AvgIpc) is 2.74. The monoisotopic (exact) mass is 218 g/mol. The molecule has 1 N–H and O–H groups in total. The number of hydrogen-bond acceptors (Lipinski definition) is 3. The predicted octanol–water partition coefficient (Wildman–Crippen LogP) is 2.76. The summed E-state index contributed by atoms with van der Waals surface area (Å²) in [6, 6.07) is 8.41. The van der Waals surface area contributed by atoms with Crippen LogP contribution in [0.2, 0.25) is 0 Å². The van der Waals surface area contributed by atoms with Crippen LogP contribution in [0.15, 0.2) is 24.3 Å². The van der Waals surface area contributed by atoms with Gasteiger partial charge in [0.1, 0.15) is 0 Å². The molecule has 1 aromatic carbocycles. The van der Waals surface area contributed by atoms with Crippen LogP contribution in [0.3, 0.4) is 0 Å². The minimum atomic E-state index is 0.635. The smallest absolute Gasteiger partial charge is 0.0982 e. The standard InChI is InChI=1S/C12H14N2S/c1-2-6-11-10(5-1)14-12(15-11)9-4-3-7-13-8-9/h1-2,5-6,9,13H,3-4,7-8H2/t9-/m0/s1. The molecule has 0 bridgehead atoms. The normalized spacial score (nSPS) is 22.0. The summed E-state index contributed by atoms with van der Waals surface area (Å²) in [4.78, 5) is 4.71. The van der Waals surface area contributed by atoms with E-state index in [4.69, 9.17) is 4.98 Å².